The molecule has 28 heavy (non-hydrogen) atoms. The quantitative estimate of drug-likeness (QED) is 0.649. The van der Waals surface area contributed by atoms with Crippen LogP contribution in [0.2, 0.25) is 0 Å². The van der Waals surface area contributed by atoms with E-state index in [1.165, 1.54) is 6.20 Å². The van der Waals surface area contributed by atoms with Gasteiger partial charge in [0.1, 0.15) is 17.4 Å². The highest BCUT2D eigenvalue weighted by Crippen LogP contribution is 2.26. The van der Waals surface area contributed by atoms with Crippen molar-refractivity contribution in [2.24, 2.45) is 5.73 Å². The Hall–Kier alpha value is -3.07. The first kappa shape index (κ1) is 18.3. The summed E-state index contributed by atoms with van der Waals surface area (Å²) in [4.78, 5) is 24.0. The third kappa shape index (κ3) is 3.79. The van der Waals surface area contributed by atoms with E-state index >= 15 is 0 Å². The molecular formula is C19H21FN6O2. The smallest absolute Gasteiger partial charge is 0.319 e. The summed E-state index contributed by atoms with van der Waals surface area (Å²) in [6.07, 6.45) is 7.56. The minimum Gasteiger partial charge on any atom is -0.461 e. The Balaban J connectivity index is 1.47. The molecule has 0 radical (unpaired) electrons. The molecule has 3 N–H and O–H groups in total. The number of nitrogens with one attached hydrogen (secondary N) is 1. The topological polar surface area (TPSA) is 107 Å². The zero-order valence-corrected chi connectivity index (χ0v) is 15.2. The van der Waals surface area contributed by atoms with Gasteiger partial charge >= 0.3 is 5.97 Å². The summed E-state index contributed by atoms with van der Waals surface area (Å²) >= 11 is 0. The molecule has 0 atom stereocenters. The number of carbonyl (C=O) groups is 1. The van der Waals surface area contributed by atoms with E-state index in [0.717, 1.165) is 31.3 Å². The second-order valence-electron chi connectivity index (χ2n) is 6.77. The SMILES string of the molecule is NCC(=O)O[C@H]1CC[C@H](Nc2ncc(F)c(-c3cnc4ccccn34)n2)CC1. The number of nitrogens with two attached hydrogens (primary N) is 1. The standard InChI is InChI=1S/C19H21FN6O2/c20-14-10-23-19(24-12-4-6-13(7-5-12)28-17(27)9-21)25-18(14)15-11-22-16-3-1-2-8-26(15)16/h1-3,8,10-13H,4-7,9,21H2,(H,23,24,25)/t12-,13-. The van der Waals surface area contributed by atoms with Gasteiger partial charge in [0.15, 0.2) is 5.82 Å². The number of rotatable bonds is 5. The minimum absolute atomic E-state index is 0.100. The molecule has 8 nitrogen and oxygen atoms in total. The van der Waals surface area contributed by atoms with Crippen LogP contribution in [-0.2, 0) is 9.53 Å². The molecule has 146 valence electrons. The van der Waals surface area contributed by atoms with E-state index in [1.54, 1.807) is 10.6 Å². The number of imidazole rings is 1. The van der Waals surface area contributed by atoms with Crippen LogP contribution in [0.5, 0.6) is 0 Å². The fourth-order valence-corrected chi connectivity index (χ4v) is 3.47. The van der Waals surface area contributed by atoms with E-state index < -0.39 is 5.82 Å². The molecule has 3 heterocycles. The van der Waals surface area contributed by atoms with Gasteiger partial charge < -0.3 is 15.8 Å². The van der Waals surface area contributed by atoms with Crippen molar-refractivity contribution in [3.8, 4) is 11.4 Å². The van der Waals surface area contributed by atoms with Gasteiger partial charge in [0.25, 0.3) is 0 Å². The summed E-state index contributed by atoms with van der Waals surface area (Å²) in [5.41, 5.74) is 6.76. The first-order chi connectivity index (χ1) is 13.6. The molecule has 0 spiro atoms. The molecule has 1 aliphatic rings. The van der Waals surface area contributed by atoms with Crippen LogP contribution in [0.3, 0.4) is 0 Å². The predicted molar refractivity (Wildman–Crippen MR) is 101 cm³/mol. The van der Waals surface area contributed by atoms with E-state index in [4.69, 9.17) is 10.5 Å². The number of fused-ring (bicyclic) bond motifs is 1. The second-order valence-corrected chi connectivity index (χ2v) is 6.77. The zero-order valence-electron chi connectivity index (χ0n) is 15.2. The van der Waals surface area contributed by atoms with E-state index in [1.807, 2.05) is 24.4 Å². The number of esters is 1. The lowest BCUT2D eigenvalue weighted by Gasteiger charge is -2.28. The number of anilines is 1. The first-order valence-electron chi connectivity index (χ1n) is 9.25. The van der Waals surface area contributed by atoms with Crippen molar-refractivity contribution in [2.45, 2.75) is 37.8 Å². The van der Waals surface area contributed by atoms with Crippen LogP contribution in [0.15, 0.2) is 36.8 Å². The maximum absolute atomic E-state index is 14.4. The number of carbonyl (C=O) groups excluding carboxylic acids is 1. The molecule has 3 aromatic heterocycles. The van der Waals surface area contributed by atoms with Crippen molar-refractivity contribution in [1.29, 1.82) is 0 Å². The van der Waals surface area contributed by atoms with E-state index in [2.05, 4.69) is 20.3 Å². The van der Waals surface area contributed by atoms with E-state index in [-0.39, 0.29) is 30.4 Å². The molecule has 3 aromatic rings. The molecule has 0 unspecified atom stereocenters. The summed E-state index contributed by atoms with van der Waals surface area (Å²) in [5.74, 6) is -0.519. The summed E-state index contributed by atoms with van der Waals surface area (Å²) in [6.45, 7) is -0.104. The van der Waals surface area contributed by atoms with Crippen molar-refractivity contribution in [2.75, 3.05) is 11.9 Å². The van der Waals surface area contributed by atoms with Crippen LogP contribution in [0.4, 0.5) is 10.3 Å². The Morgan fingerprint density at radius 1 is 1.25 bits per heavy atom. The van der Waals surface area contributed by atoms with Gasteiger partial charge in [-0.15, -0.1) is 0 Å². The van der Waals surface area contributed by atoms with Crippen LogP contribution >= 0.6 is 0 Å². The fourth-order valence-electron chi connectivity index (χ4n) is 3.47. The van der Waals surface area contributed by atoms with Crippen LogP contribution < -0.4 is 11.1 Å². The molecule has 0 saturated heterocycles. The normalized spacial score (nSPS) is 19.5. The largest absolute Gasteiger partial charge is 0.461 e. The Bertz CT molecular complexity index is 983. The molecule has 0 bridgehead atoms. The number of ether oxygens (including phenoxy) is 1. The monoisotopic (exact) mass is 384 g/mol. The van der Waals surface area contributed by atoms with Crippen LogP contribution in [-0.4, -0.2) is 44.0 Å². The number of hydrogen-bond acceptors (Lipinski definition) is 7. The lowest BCUT2D eigenvalue weighted by atomic mass is 9.93. The molecule has 4 rings (SSSR count). The van der Waals surface area contributed by atoms with Gasteiger partial charge in [-0.2, -0.15) is 0 Å². The number of pyridine rings is 1. The zero-order chi connectivity index (χ0) is 19.5. The van der Waals surface area contributed by atoms with Gasteiger partial charge in [-0.1, -0.05) is 6.07 Å². The lowest BCUT2D eigenvalue weighted by Crippen LogP contribution is -2.33. The van der Waals surface area contributed by atoms with Crippen LogP contribution in [0, 0.1) is 5.82 Å². The molecule has 0 amide bonds. The van der Waals surface area contributed by atoms with Gasteiger partial charge in [0, 0.05) is 12.2 Å². The van der Waals surface area contributed by atoms with Crippen molar-refractivity contribution in [3.05, 3.63) is 42.6 Å². The summed E-state index contributed by atoms with van der Waals surface area (Å²) in [7, 11) is 0. The number of nitrogens with zero attached hydrogens (tertiary/aromatic N) is 4. The van der Waals surface area contributed by atoms with Crippen LogP contribution in [0.25, 0.3) is 17.0 Å². The highest BCUT2D eigenvalue weighted by Gasteiger charge is 2.24. The molecule has 1 saturated carbocycles. The minimum atomic E-state index is -0.506. The molecule has 1 aliphatic carbocycles. The Morgan fingerprint density at radius 3 is 2.86 bits per heavy atom. The number of halogens is 1. The van der Waals surface area contributed by atoms with Crippen molar-refractivity contribution in [1.82, 2.24) is 19.4 Å². The molecular weight excluding hydrogens is 363 g/mol. The molecule has 1 fully saturated rings. The molecule has 0 aliphatic heterocycles. The summed E-state index contributed by atoms with van der Waals surface area (Å²) < 4.78 is 21.5. The van der Waals surface area contributed by atoms with Gasteiger partial charge in [0.05, 0.1) is 24.6 Å². The summed E-state index contributed by atoms with van der Waals surface area (Å²) in [5, 5.41) is 3.26. The van der Waals surface area contributed by atoms with Gasteiger partial charge in [0.2, 0.25) is 5.95 Å². The Kier molecular flexibility index (Phi) is 5.16. The highest BCUT2D eigenvalue weighted by molar-refractivity contribution is 5.71. The van der Waals surface area contributed by atoms with Gasteiger partial charge in [-0.05, 0) is 37.8 Å². The predicted octanol–water partition coefficient (Wildman–Crippen LogP) is 2.16. The average Bonchev–Trinajstić information content (AvgIpc) is 3.15. The van der Waals surface area contributed by atoms with Crippen molar-refractivity contribution in [3.63, 3.8) is 0 Å². The molecule has 9 heteroatoms. The Labute approximate surface area is 161 Å². The van der Waals surface area contributed by atoms with Crippen molar-refractivity contribution >= 4 is 17.6 Å². The average molecular weight is 384 g/mol. The molecule has 0 aromatic carbocycles. The number of hydrogen-bond donors (Lipinski definition) is 2. The van der Waals surface area contributed by atoms with E-state index in [9.17, 15) is 9.18 Å². The third-order valence-corrected chi connectivity index (χ3v) is 4.88. The van der Waals surface area contributed by atoms with Gasteiger partial charge in [-0.3, -0.25) is 9.20 Å². The fraction of sp³-hybridized carbons (Fsp3) is 0.368. The highest BCUT2D eigenvalue weighted by atomic mass is 19.1. The third-order valence-electron chi connectivity index (χ3n) is 4.88. The van der Waals surface area contributed by atoms with Gasteiger partial charge in [-0.25, -0.2) is 19.3 Å². The number of aromatic nitrogens is 4. The Morgan fingerprint density at radius 2 is 2.07 bits per heavy atom. The lowest BCUT2D eigenvalue weighted by molar-refractivity contribution is -0.148. The summed E-state index contributed by atoms with van der Waals surface area (Å²) in [6, 6.07) is 5.70. The van der Waals surface area contributed by atoms with E-state index in [0.29, 0.717) is 11.6 Å². The van der Waals surface area contributed by atoms with Crippen molar-refractivity contribution < 1.29 is 13.9 Å². The second kappa shape index (κ2) is 7.89. The van der Waals surface area contributed by atoms with Crippen LogP contribution in [0.1, 0.15) is 25.7 Å². The maximum Gasteiger partial charge on any atom is 0.319 e. The first-order valence-corrected chi connectivity index (χ1v) is 9.25. The maximum atomic E-state index is 14.4.